The number of amides is 1. The predicted molar refractivity (Wildman–Crippen MR) is 105 cm³/mol. The summed E-state index contributed by atoms with van der Waals surface area (Å²) >= 11 is 0. The Bertz CT molecular complexity index is 852. The molecular formula is C20H23FN4O3. The molecule has 7 nitrogen and oxygen atoms in total. The normalized spacial score (nSPS) is 14.7. The average Bonchev–Trinajstić information content (AvgIpc) is 2.70. The van der Waals surface area contributed by atoms with E-state index >= 15 is 0 Å². The van der Waals surface area contributed by atoms with Gasteiger partial charge >= 0.3 is 0 Å². The quantitative estimate of drug-likeness (QED) is 0.610. The number of nitrogens with zero attached hydrogens (tertiary/aromatic N) is 3. The van der Waals surface area contributed by atoms with Gasteiger partial charge < -0.3 is 10.2 Å². The van der Waals surface area contributed by atoms with E-state index in [0.717, 1.165) is 38.3 Å². The Morgan fingerprint density at radius 1 is 1.18 bits per heavy atom. The van der Waals surface area contributed by atoms with Crippen LogP contribution in [0.2, 0.25) is 0 Å². The second-order valence-corrected chi connectivity index (χ2v) is 6.78. The Hall–Kier alpha value is -3.00. The molecule has 1 aliphatic rings. The first-order valence-electron chi connectivity index (χ1n) is 9.21. The first-order valence-corrected chi connectivity index (χ1v) is 9.21. The first-order chi connectivity index (χ1) is 13.5. The van der Waals surface area contributed by atoms with Crippen molar-refractivity contribution >= 4 is 17.3 Å². The number of carbonyl (C=O) groups is 1. The lowest BCUT2D eigenvalue weighted by atomic mass is 10.1. The third kappa shape index (κ3) is 4.64. The van der Waals surface area contributed by atoms with E-state index in [-0.39, 0.29) is 16.8 Å². The number of hydrogen-bond acceptors (Lipinski definition) is 5. The van der Waals surface area contributed by atoms with E-state index in [1.54, 1.807) is 0 Å². The number of hydrogen-bond donors (Lipinski definition) is 1. The number of nitro groups is 1. The smallest absolute Gasteiger partial charge is 0.276 e. The number of benzene rings is 2. The lowest BCUT2D eigenvalue weighted by Crippen LogP contribution is -2.48. The van der Waals surface area contributed by atoms with Crippen LogP contribution in [0.1, 0.15) is 15.9 Å². The van der Waals surface area contributed by atoms with Gasteiger partial charge in [0, 0.05) is 56.6 Å². The fourth-order valence-electron chi connectivity index (χ4n) is 3.28. The summed E-state index contributed by atoms with van der Waals surface area (Å²) in [6.07, 6.45) is 0. The lowest BCUT2D eigenvalue weighted by molar-refractivity contribution is -0.385. The van der Waals surface area contributed by atoms with Crippen molar-refractivity contribution in [1.82, 2.24) is 10.2 Å². The fourth-order valence-corrected chi connectivity index (χ4v) is 3.28. The molecule has 0 spiro atoms. The van der Waals surface area contributed by atoms with E-state index in [9.17, 15) is 19.3 Å². The number of nitrogens with one attached hydrogen (secondary N) is 1. The summed E-state index contributed by atoms with van der Waals surface area (Å²) in [5.41, 5.74) is 0.710. The zero-order valence-corrected chi connectivity index (χ0v) is 15.7. The third-order valence-corrected chi connectivity index (χ3v) is 4.98. The standard InChI is InChI=1S/C20H23FN4O3/c1-15-18(21)13-16(14-19(15)25(27)28)20(26)22-7-8-23-9-11-24(12-10-23)17-5-3-2-4-6-17/h2-6,13-14H,7-12H2,1H3,(H,22,26). The number of anilines is 1. The molecule has 1 saturated heterocycles. The maximum atomic E-state index is 13.9. The molecule has 8 heteroatoms. The highest BCUT2D eigenvalue weighted by Crippen LogP contribution is 2.22. The molecule has 28 heavy (non-hydrogen) atoms. The molecule has 0 radical (unpaired) electrons. The van der Waals surface area contributed by atoms with Crippen LogP contribution in [0.15, 0.2) is 42.5 Å². The molecule has 1 fully saturated rings. The summed E-state index contributed by atoms with van der Waals surface area (Å²) in [6, 6.07) is 12.4. The van der Waals surface area contributed by atoms with E-state index in [4.69, 9.17) is 0 Å². The number of piperazine rings is 1. The first kappa shape index (κ1) is 19.8. The van der Waals surface area contributed by atoms with Crippen LogP contribution < -0.4 is 10.2 Å². The van der Waals surface area contributed by atoms with Crippen LogP contribution in [0, 0.1) is 22.9 Å². The van der Waals surface area contributed by atoms with Gasteiger partial charge in [-0.25, -0.2) is 4.39 Å². The van der Waals surface area contributed by atoms with Gasteiger partial charge in [0.25, 0.3) is 11.6 Å². The number of nitro benzene ring substituents is 1. The van der Waals surface area contributed by atoms with E-state index in [0.29, 0.717) is 13.1 Å². The minimum absolute atomic E-state index is 0.0382. The molecule has 1 heterocycles. The van der Waals surface area contributed by atoms with Crippen molar-refractivity contribution in [2.45, 2.75) is 6.92 Å². The highest BCUT2D eigenvalue weighted by Gasteiger charge is 2.20. The van der Waals surface area contributed by atoms with Gasteiger partial charge in [0.2, 0.25) is 0 Å². The molecule has 0 unspecified atom stereocenters. The molecule has 0 atom stereocenters. The maximum Gasteiger partial charge on any atom is 0.276 e. The maximum absolute atomic E-state index is 13.9. The summed E-state index contributed by atoms with van der Waals surface area (Å²) in [6.45, 7) is 5.98. The number of carbonyl (C=O) groups excluding carboxylic acids is 1. The Balaban J connectivity index is 1.48. The molecule has 1 N–H and O–H groups in total. The molecule has 0 aromatic heterocycles. The van der Waals surface area contributed by atoms with Gasteiger partial charge in [-0.3, -0.25) is 19.8 Å². The molecule has 0 bridgehead atoms. The summed E-state index contributed by atoms with van der Waals surface area (Å²) < 4.78 is 13.9. The SMILES string of the molecule is Cc1c(F)cc(C(=O)NCCN2CCN(c3ccccc3)CC2)cc1[N+](=O)[O-]. The van der Waals surface area contributed by atoms with Crippen LogP contribution >= 0.6 is 0 Å². The van der Waals surface area contributed by atoms with Crippen molar-refractivity contribution in [3.63, 3.8) is 0 Å². The van der Waals surface area contributed by atoms with E-state index < -0.39 is 16.6 Å². The highest BCUT2D eigenvalue weighted by atomic mass is 19.1. The minimum atomic E-state index is -0.753. The van der Waals surface area contributed by atoms with Crippen LogP contribution in [0.5, 0.6) is 0 Å². The molecule has 148 valence electrons. The van der Waals surface area contributed by atoms with Crippen molar-refractivity contribution in [3.8, 4) is 0 Å². The molecule has 1 amide bonds. The van der Waals surface area contributed by atoms with Crippen LogP contribution in [0.3, 0.4) is 0 Å². The van der Waals surface area contributed by atoms with Gasteiger partial charge in [0.1, 0.15) is 5.82 Å². The molecule has 2 aromatic rings. The van der Waals surface area contributed by atoms with Gasteiger partial charge in [-0.1, -0.05) is 18.2 Å². The van der Waals surface area contributed by atoms with Crippen LogP contribution in [-0.4, -0.2) is 55.0 Å². The zero-order valence-electron chi connectivity index (χ0n) is 15.7. The van der Waals surface area contributed by atoms with Crippen LogP contribution in [-0.2, 0) is 0 Å². The third-order valence-electron chi connectivity index (χ3n) is 4.98. The van der Waals surface area contributed by atoms with E-state index in [2.05, 4.69) is 27.2 Å². The largest absolute Gasteiger partial charge is 0.369 e. The van der Waals surface area contributed by atoms with E-state index in [1.165, 1.54) is 12.6 Å². The molecule has 1 aliphatic heterocycles. The van der Waals surface area contributed by atoms with Gasteiger partial charge in [-0.2, -0.15) is 0 Å². The van der Waals surface area contributed by atoms with E-state index in [1.807, 2.05) is 18.2 Å². The van der Waals surface area contributed by atoms with Gasteiger partial charge in [-0.15, -0.1) is 0 Å². The van der Waals surface area contributed by atoms with Gasteiger partial charge in [0.15, 0.2) is 0 Å². The minimum Gasteiger partial charge on any atom is -0.369 e. The zero-order chi connectivity index (χ0) is 20.1. The summed E-state index contributed by atoms with van der Waals surface area (Å²) in [5, 5.41) is 13.7. The van der Waals surface area contributed by atoms with Crippen LogP contribution in [0.4, 0.5) is 15.8 Å². The number of halogens is 1. The Labute approximate surface area is 162 Å². The number of rotatable bonds is 6. The van der Waals surface area contributed by atoms with Crippen molar-refractivity contribution in [2.24, 2.45) is 0 Å². The average molecular weight is 386 g/mol. The molecule has 0 saturated carbocycles. The molecule has 3 rings (SSSR count). The van der Waals surface area contributed by atoms with Crippen molar-refractivity contribution in [2.75, 3.05) is 44.2 Å². The van der Waals surface area contributed by atoms with Crippen molar-refractivity contribution < 1.29 is 14.1 Å². The van der Waals surface area contributed by atoms with Crippen molar-refractivity contribution in [3.05, 3.63) is 69.5 Å². The Morgan fingerprint density at radius 3 is 2.50 bits per heavy atom. The predicted octanol–water partition coefficient (Wildman–Crippen LogP) is 2.59. The van der Waals surface area contributed by atoms with Gasteiger partial charge in [0.05, 0.1) is 10.5 Å². The fraction of sp³-hybridized carbons (Fsp3) is 0.350. The lowest BCUT2D eigenvalue weighted by Gasteiger charge is -2.36. The summed E-state index contributed by atoms with van der Waals surface area (Å²) in [7, 11) is 0. The summed E-state index contributed by atoms with van der Waals surface area (Å²) in [5.74, 6) is -1.26. The van der Waals surface area contributed by atoms with Crippen LogP contribution in [0.25, 0.3) is 0 Å². The Kier molecular flexibility index (Phi) is 6.20. The molecule has 0 aliphatic carbocycles. The topological polar surface area (TPSA) is 78.7 Å². The highest BCUT2D eigenvalue weighted by molar-refractivity contribution is 5.95. The number of para-hydroxylation sites is 1. The van der Waals surface area contributed by atoms with Crippen molar-refractivity contribution in [1.29, 1.82) is 0 Å². The van der Waals surface area contributed by atoms with Gasteiger partial charge in [-0.05, 0) is 25.1 Å². The molecule has 2 aromatic carbocycles. The second-order valence-electron chi connectivity index (χ2n) is 6.78. The summed E-state index contributed by atoms with van der Waals surface area (Å²) in [4.78, 5) is 27.1. The monoisotopic (exact) mass is 386 g/mol. The molecular weight excluding hydrogens is 363 g/mol. The Morgan fingerprint density at radius 2 is 1.86 bits per heavy atom. The second kappa shape index (κ2) is 8.79.